The maximum absolute atomic E-state index is 11.6. The van der Waals surface area contributed by atoms with Crippen LogP contribution in [0.15, 0.2) is 10.1 Å². The molecule has 1 heterocycles. The molecule has 0 radical (unpaired) electrons. The SMILES string of the molecule is O=C1C(Cl)=C(Cl)C(=O)N1CC1CCCCC1. The molecule has 0 aromatic heterocycles. The molecule has 3 nitrogen and oxygen atoms in total. The molecule has 88 valence electrons. The van der Waals surface area contributed by atoms with Gasteiger partial charge in [-0.1, -0.05) is 42.5 Å². The van der Waals surface area contributed by atoms with Crippen LogP contribution in [0.25, 0.3) is 0 Å². The molecule has 0 aromatic carbocycles. The third kappa shape index (κ3) is 2.11. The summed E-state index contributed by atoms with van der Waals surface area (Å²) in [5, 5.41) is -0.273. The predicted molar refractivity (Wildman–Crippen MR) is 62.0 cm³/mol. The molecule has 0 unspecified atom stereocenters. The van der Waals surface area contributed by atoms with Gasteiger partial charge in [0, 0.05) is 6.54 Å². The summed E-state index contributed by atoms with van der Waals surface area (Å²) < 4.78 is 0. The van der Waals surface area contributed by atoms with Crippen molar-refractivity contribution in [2.24, 2.45) is 5.92 Å². The molecular formula is C11H13Cl2NO2. The Bertz CT molecular complexity index is 335. The van der Waals surface area contributed by atoms with Gasteiger partial charge >= 0.3 is 0 Å². The van der Waals surface area contributed by atoms with Crippen LogP contribution in [0.5, 0.6) is 0 Å². The Morgan fingerprint density at radius 3 is 2.00 bits per heavy atom. The van der Waals surface area contributed by atoms with Crippen LogP contribution in [0.1, 0.15) is 32.1 Å². The van der Waals surface area contributed by atoms with Crippen LogP contribution in [0.2, 0.25) is 0 Å². The first kappa shape index (κ1) is 11.9. The van der Waals surface area contributed by atoms with Crippen LogP contribution < -0.4 is 0 Å². The number of hydrogen-bond acceptors (Lipinski definition) is 2. The Hall–Kier alpha value is -0.540. The largest absolute Gasteiger partial charge is 0.274 e. The summed E-state index contributed by atoms with van der Waals surface area (Å²) in [4.78, 5) is 24.4. The first-order chi connectivity index (χ1) is 7.61. The molecule has 0 saturated heterocycles. The minimum absolute atomic E-state index is 0.137. The van der Waals surface area contributed by atoms with Crippen molar-refractivity contribution in [1.82, 2.24) is 4.90 Å². The third-order valence-corrected chi connectivity index (χ3v) is 4.02. The average molecular weight is 262 g/mol. The molecule has 0 aromatic rings. The fraction of sp³-hybridized carbons (Fsp3) is 0.636. The molecule has 1 aliphatic heterocycles. The summed E-state index contributed by atoms with van der Waals surface area (Å²) in [5.41, 5.74) is 0. The van der Waals surface area contributed by atoms with Crippen LogP contribution >= 0.6 is 23.2 Å². The minimum Gasteiger partial charge on any atom is -0.272 e. The second-order valence-corrected chi connectivity index (χ2v) is 5.11. The van der Waals surface area contributed by atoms with Gasteiger partial charge in [-0.2, -0.15) is 0 Å². The molecule has 0 N–H and O–H groups in total. The lowest BCUT2D eigenvalue weighted by Crippen LogP contribution is -2.36. The van der Waals surface area contributed by atoms with E-state index in [0.717, 1.165) is 12.8 Å². The van der Waals surface area contributed by atoms with Crippen LogP contribution in [0.3, 0.4) is 0 Å². The summed E-state index contributed by atoms with van der Waals surface area (Å²) in [5.74, 6) is -0.474. The quantitative estimate of drug-likeness (QED) is 0.717. The van der Waals surface area contributed by atoms with E-state index in [9.17, 15) is 9.59 Å². The zero-order valence-electron chi connectivity index (χ0n) is 8.84. The number of rotatable bonds is 2. The normalized spacial score (nSPS) is 23.5. The molecule has 1 saturated carbocycles. The lowest BCUT2D eigenvalue weighted by atomic mass is 9.89. The lowest BCUT2D eigenvalue weighted by molar-refractivity contribution is -0.138. The molecular weight excluding hydrogens is 249 g/mol. The third-order valence-electron chi connectivity index (χ3n) is 3.22. The maximum atomic E-state index is 11.6. The van der Waals surface area contributed by atoms with Crippen molar-refractivity contribution >= 4 is 35.0 Å². The number of carbonyl (C=O) groups is 2. The topological polar surface area (TPSA) is 37.4 Å². The number of hydrogen-bond donors (Lipinski definition) is 0. The van der Waals surface area contributed by atoms with Crippen molar-refractivity contribution in [2.75, 3.05) is 6.54 Å². The van der Waals surface area contributed by atoms with E-state index in [1.54, 1.807) is 0 Å². The van der Waals surface area contributed by atoms with Gasteiger partial charge in [0.25, 0.3) is 11.8 Å². The van der Waals surface area contributed by atoms with Gasteiger partial charge in [-0.25, -0.2) is 0 Å². The van der Waals surface area contributed by atoms with Gasteiger partial charge in [0.2, 0.25) is 0 Å². The Balaban J connectivity index is 2.01. The Morgan fingerprint density at radius 2 is 1.50 bits per heavy atom. The van der Waals surface area contributed by atoms with Gasteiger partial charge in [-0.3, -0.25) is 14.5 Å². The highest BCUT2D eigenvalue weighted by Gasteiger charge is 2.37. The van der Waals surface area contributed by atoms with Gasteiger partial charge in [-0.15, -0.1) is 0 Å². The second-order valence-electron chi connectivity index (χ2n) is 4.35. The molecule has 2 amide bonds. The van der Waals surface area contributed by atoms with E-state index in [0.29, 0.717) is 12.5 Å². The van der Waals surface area contributed by atoms with E-state index in [1.165, 1.54) is 24.2 Å². The van der Waals surface area contributed by atoms with Crippen molar-refractivity contribution in [3.8, 4) is 0 Å². The van der Waals surface area contributed by atoms with E-state index in [-0.39, 0.29) is 10.1 Å². The highest BCUT2D eigenvalue weighted by atomic mass is 35.5. The highest BCUT2D eigenvalue weighted by molar-refractivity contribution is 6.58. The standard InChI is InChI=1S/C11H13Cl2NO2/c12-8-9(13)11(16)14(10(8)15)6-7-4-2-1-3-5-7/h7H,1-6H2. The monoisotopic (exact) mass is 261 g/mol. The fourth-order valence-corrected chi connectivity index (χ4v) is 2.68. The maximum Gasteiger partial charge on any atom is 0.274 e. The first-order valence-corrected chi connectivity index (χ1v) is 6.28. The van der Waals surface area contributed by atoms with Crippen molar-refractivity contribution in [2.45, 2.75) is 32.1 Å². The highest BCUT2D eigenvalue weighted by Crippen LogP contribution is 2.30. The summed E-state index contributed by atoms with van der Waals surface area (Å²) in [7, 11) is 0. The molecule has 5 heteroatoms. The molecule has 2 rings (SSSR count). The Kier molecular flexibility index (Phi) is 3.55. The Morgan fingerprint density at radius 1 is 1.00 bits per heavy atom. The van der Waals surface area contributed by atoms with E-state index >= 15 is 0 Å². The van der Waals surface area contributed by atoms with E-state index in [1.807, 2.05) is 0 Å². The summed E-state index contributed by atoms with van der Waals surface area (Å²) >= 11 is 11.3. The zero-order chi connectivity index (χ0) is 11.7. The van der Waals surface area contributed by atoms with Crippen molar-refractivity contribution < 1.29 is 9.59 Å². The molecule has 16 heavy (non-hydrogen) atoms. The van der Waals surface area contributed by atoms with Gasteiger partial charge in [-0.05, 0) is 18.8 Å². The number of carbonyl (C=O) groups excluding carboxylic acids is 2. The zero-order valence-corrected chi connectivity index (χ0v) is 10.4. The molecule has 0 atom stereocenters. The first-order valence-electron chi connectivity index (χ1n) is 5.52. The fourth-order valence-electron chi connectivity index (χ4n) is 2.31. The second kappa shape index (κ2) is 4.76. The van der Waals surface area contributed by atoms with Crippen LogP contribution in [0, 0.1) is 5.92 Å². The number of amides is 2. The van der Waals surface area contributed by atoms with Gasteiger partial charge in [0.1, 0.15) is 10.1 Å². The number of nitrogens with zero attached hydrogens (tertiary/aromatic N) is 1. The van der Waals surface area contributed by atoms with Crippen LogP contribution in [-0.4, -0.2) is 23.3 Å². The van der Waals surface area contributed by atoms with Crippen LogP contribution in [-0.2, 0) is 9.59 Å². The van der Waals surface area contributed by atoms with E-state index < -0.39 is 11.8 Å². The van der Waals surface area contributed by atoms with Gasteiger partial charge in [0.15, 0.2) is 0 Å². The van der Waals surface area contributed by atoms with E-state index in [4.69, 9.17) is 23.2 Å². The van der Waals surface area contributed by atoms with Gasteiger partial charge in [0.05, 0.1) is 0 Å². The van der Waals surface area contributed by atoms with Crippen molar-refractivity contribution in [1.29, 1.82) is 0 Å². The Labute approximate surface area is 104 Å². The average Bonchev–Trinajstić information content (AvgIpc) is 2.48. The summed E-state index contributed by atoms with van der Waals surface area (Å²) in [6.45, 7) is 0.462. The number of halogens is 2. The number of imide groups is 1. The smallest absolute Gasteiger partial charge is 0.272 e. The summed E-state index contributed by atoms with van der Waals surface area (Å²) in [6.07, 6.45) is 5.75. The van der Waals surface area contributed by atoms with Crippen molar-refractivity contribution in [3.05, 3.63) is 10.1 Å². The molecule has 0 bridgehead atoms. The molecule has 0 spiro atoms. The lowest BCUT2D eigenvalue weighted by Gasteiger charge is -2.25. The van der Waals surface area contributed by atoms with Crippen molar-refractivity contribution in [3.63, 3.8) is 0 Å². The summed E-state index contributed by atoms with van der Waals surface area (Å²) in [6, 6.07) is 0. The molecule has 1 aliphatic carbocycles. The van der Waals surface area contributed by atoms with Gasteiger partial charge < -0.3 is 0 Å². The predicted octanol–water partition coefficient (Wildman–Crippen LogP) is 2.62. The van der Waals surface area contributed by atoms with Crippen LogP contribution in [0.4, 0.5) is 0 Å². The van der Waals surface area contributed by atoms with E-state index in [2.05, 4.69) is 0 Å². The molecule has 1 fully saturated rings. The minimum atomic E-state index is -0.442. The molecule has 2 aliphatic rings.